The average Bonchev–Trinajstić information content (AvgIpc) is 2.27. The number of methoxy groups -OCH3 is 1. The lowest BCUT2D eigenvalue weighted by atomic mass is 10.1. The fraction of sp³-hybridized carbons (Fsp3) is 0.273. The molecule has 0 saturated carbocycles. The van der Waals surface area contributed by atoms with Crippen LogP contribution in [0, 0.1) is 0 Å². The van der Waals surface area contributed by atoms with Gasteiger partial charge in [-0.2, -0.15) is 0 Å². The number of aromatic nitrogens is 2. The lowest BCUT2D eigenvalue weighted by Crippen LogP contribution is -1.98. The number of hydrogen-bond acceptors (Lipinski definition) is 3. The molecule has 0 bridgehead atoms. The first-order valence-corrected chi connectivity index (χ1v) is 4.55. The zero-order chi connectivity index (χ0) is 9.97. The molecule has 0 aromatic carbocycles. The molecule has 0 aliphatic carbocycles. The van der Waals surface area contributed by atoms with Crippen LogP contribution in [0.15, 0.2) is 30.6 Å². The van der Waals surface area contributed by atoms with Gasteiger partial charge < -0.3 is 4.74 Å². The van der Waals surface area contributed by atoms with Gasteiger partial charge in [0, 0.05) is 24.9 Å². The Hall–Kier alpha value is -1.48. The highest BCUT2D eigenvalue weighted by Gasteiger charge is 2.08. The number of nitrogens with zero attached hydrogens (tertiary/aromatic N) is 2. The van der Waals surface area contributed by atoms with Crippen LogP contribution in [0.25, 0.3) is 11.0 Å². The summed E-state index contributed by atoms with van der Waals surface area (Å²) in [5.74, 6) is 0. The fourth-order valence-electron chi connectivity index (χ4n) is 1.48. The Morgan fingerprint density at radius 2 is 2.00 bits per heavy atom. The van der Waals surface area contributed by atoms with Crippen molar-refractivity contribution in [2.45, 2.75) is 13.0 Å². The van der Waals surface area contributed by atoms with Crippen LogP contribution in [0.2, 0.25) is 0 Å². The monoisotopic (exact) mass is 188 g/mol. The maximum absolute atomic E-state index is 5.29. The summed E-state index contributed by atoms with van der Waals surface area (Å²) in [4.78, 5) is 8.38. The van der Waals surface area contributed by atoms with E-state index in [4.69, 9.17) is 4.74 Å². The molecule has 0 N–H and O–H groups in total. The normalized spacial score (nSPS) is 13.0. The quantitative estimate of drug-likeness (QED) is 0.725. The lowest BCUT2D eigenvalue weighted by Gasteiger charge is -2.11. The summed E-state index contributed by atoms with van der Waals surface area (Å²) < 4.78 is 5.29. The van der Waals surface area contributed by atoms with E-state index >= 15 is 0 Å². The molecule has 1 atom stereocenters. The number of ether oxygens (including phenoxy) is 1. The van der Waals surface area contributed by atoms with Gasteiger partial charge >= 0.3 is 0 Å². The third-order valence-corrected chi connectivity index (χ3v) is 2.34. The van der Waals surface area contributed by atoms with Crippen molar-refractivity contribution in [3.05, 3.63) is 36.2 Å². The topological polar surface area (TPSA) is 35.0 Å². The first-order valence-electron chi connectivity index (χ1n) is 4.55. The molecule has 0 fully saturated rings. The fourth-order valence-corrected chi connectivity index (χ4v) is 1.48. The molecule has 3 heteroatoms. The van der Waals surface area contributed by atoms with E-state index in [2.05, 4.69) is 9.97 Å². The van der Waals surface area contributed by atoms with Crippen molar-refractivity contribution in [1.29, 1.82) is 0 Å². The van der Waals surface area contributed by atoms with Crippen molar-refractivity contribution in [3.63, 3.8) is 0 Å². The summed E-state index contributed by atoms with van der Waals surface area (Å²) in [7, 11) is 1.70. The van der Waals surface area contributed by atoms with E-state index in [1.54, 1.807) is 19.5 Å². The summed E-state index contributed by atoms with van der Waals surface area (Å²) >= 11 is 0. The predicted molar refractivity (Wildman–Crippen MR) is 55.0 cm³/mol. The molecule has 0 aliphatic rings. The van der Waals surface area contributed by atoms with Gasteiger partial charge in [-0.05, 0) is 30.7 Å². The molecule has 0 saturated heterocycles. The van der Waals surface area contributed by atoms with Crippen molar-refractivity contribution in [2.24, 2.45) is 0 Å². The standard InChI is InChI=1S/C11H12N2O/c1-8(14-2)9-5-7-13-11-10(9)4-3-6-12-11/h3-8H,1-2H3. The molecule has 2 heterocycles. The van der Waals surface area contributed by atoms with Gasteiger partial charge in [-0.1, -0.05) is 0 Å². The summed E-state index contributed by atoms with van der Waals surface area (Å²) in [6.07, 6.45) is 3.58. The molecule has 14 heavy (non-hydrogen) atoms. The van der Waals surface area contributed by atoms with E-state index in [9.17, 15) is 0 Å². The summed E-state index contributed by atoms with van der Waals surface area (Å²) in [5, 5.41) is 1.06. The van der Waals surface area contributed by atoms with Crippen molar-refractivity contribution in [3.8, 4) is 0 Å². The van der Waals surface area contributed by atoms with Gasteiger partial charge in [0.1, 0.15) is 0 Å². The highest BCUT2D eigenvalue weighted by atomic mass is 16.5. The molecule has 0 aliphatic heterocycles. The Morgan fingerprint density at radius 1 is 1.21 bits per heavy atom. The molecule has 0 spiro atoms. The molecule has 2 aromatic heterocycles. The third kappa shape index (κ3) is 1.46. The SMILES string of the molecule is COC(C)c1ccnc2ncccc12. The van der Waals surface area contributed by atoms with Crippen LogP contribution in [0.4, 0.5) is 0 Å². The van der Waals surface area contributed by atoms with E-state index in [1.165, 1.54) is 0 Å². The predicted octanol–water partition coefficient (Wildman–Crippen LogP) is 2.34. The molecule has 0 radical (unpaired) electrons. The van der Waals surface area contributed by atoms with Gasteiger partial charge in [0.15, 0.2) is 5.65 Å². The first-order chi connectivity index (χ1) is 6.83. The largest absolute Gasteiger partial charge is 0.377 e. The minimum atomic E-state index is 0.0738. The van der Waals surface area contributed by atoms with Crippen molar-refractivity contribution < 1.29 is 4.74 Å². The average molecular weight is 188 g/mol. The van der Waals surface area contributed by atoms with Crippen LogP contribution in [0.3, 0.4) is 0 Å². The van der Waals surface area contributed by atoms with Crippen LogP contribution in [-0.2, 0) is 4.74 Å². The molecular weight excluding hydrogens is 176 g/mol. The first kappa shape index (κ1) is 9.09. The Labute approximate surface area is 82.8 Å². The summed E-state index contributed by atoms with van der Waals surface area (Å²) in [6, 6.07) is 5.90. The smallest absolute Gasteiger partial charge is 0.159 e. The molecule has 1 unspecified atom stereocenters. The Balaban J connectivity index is 2.65. The van der Waals surface area contributed by atoms with Gasteiger partial charge in [-0.3, -0.25) is 0 Å². The van der Waals surface area contributed by atoms with E-state index in [0.29, 0.717) is 0 Å². The second-order valence-corrected chi connectivity index (χ2v) is 3.15. The molecule has 72 valence electrons. The highest BCUT2D eigenvalue weighted by molar-refractivity contribution is 5.78. The van der Waals surface area contributed by atoms with E-state index < -0.39 is 0 Å². The van der Waals surface area contributed by atoms with Crippen LogP contribution in [0.1, 0.15) is 18.6 Å². The van der Waals surface area contributed by atoms with Crippen molar-refractivity contribution in [2.75, 3.05) is 7.11 Å². The third-order valence-electron chi connectivity index (χ3n) is 2.34. The van der Waals surface area contributed by atoms with Crippen LogP contribution >= 0.6 is 0 Å². The van der Waals surface area contributed by atoms with Crippen molar-refractivity contribution in [1.82, 2.24) is 9.97 Å². The van der Waals surface area contributed by atoms with Crippen LogP contribution < -0.4 is 0 Å². The van der Waals surface area contributed by atoms with Crippen LogP contribution in [0.5, 0.6) is 0 Å². The Bertz CT molecular complexity index is 437. The molecule has 2 rings (SSSR count). The second-order valence-electron chi connectivity index (χ2n) is 3.15. The van der Waals surface area contributed by atoms with Crippen LogP contribution in [-0.4, -0.2) is 17.1 Å². The van der Waals surface area contributed by atoms with Crippen molar-refractivity contribution >= 4 is 11.0 Å². The molecule has 2 aromatic rings. The number of rotatable bonds is 2. The summed E-state index contributed by atoms with van der Waals surface area (Å²) in [6.45, 7) is 2.02. The maximum Gasteiger partial charge on any atom is 0.159 e. The van der Waals surface area contributed by atoms with E-state index in [-0.39, 0.29) is 6.10 Å². The highest BCUT2D eigenvalue weighted by Crippen LogP contribution is 2.22. The minimum absolute atomic E-state index is 0.0738. The Morgan fingerprint density at radius 3 is 2.79 bits per heavy atom. The maximum atomic E-state index is 5.29. The minimum Gasteiger partial charge on any atom is -0.377 e. The van der Waals surface area contributed by atoms with E-state index in [1.807, 2.05) is 25.1 Å². The number of fused-ring (bicyclic) bond motifs is 1. The number of hydrogen-bond donors (Lipinski definition) is 0. The van der Waals surface area contributed by atoms with Gasteiger partial charge in [0.2, 0.25) is 0 Å². The molecule has 3 nitrogen and oxygen atoms in total. The van der Waals surface area contributed by atoms with Gasteiger partial charge in [-0.25, -0.2) is 9.97 Å². The summed E-state index contributed by atoms with van der Waals surface area (Å²) in [5.41, 5.74) is 1.90. The van der Waals surface area contributed by atoms with Gasteiger partial charge in [0.25, 0.3) is 0 Å². The van der Waals surface area contributed by atoms with E-state index in [0.717, 1.165) is 16.6 Å². The van der Waals surface area contributed by atoms with Gasteiger partial charge in [-0.15, -0.1) is 0 Å². The zero-order valence-electron chi connectivity index (χ0n) is 8.27. The second kappa shape index (κ2) is 3.72. The van der Waals surface area contributed by atoms with Gasteiger partial charge in [0.05, 0.1) is 6.10 Å². The lowest BCUT2D eigenvalue weighted by molar-refractivity contribution is 0.120. The zero-order valence-corrected chi connectivity index (χ0v) is 8.27. The molecule has 0 amide bonds. The number of pyridine rings is 2. The Kier molecular flexibility index (Phi) is 2.41. The molecular formula is C11H12N2O.